The molecule has 142 valence electrons. The zero-order chi connectivity index (χ0) is 18.5. The first-order valence-corrected chi connectivity index (χ1v) is 10.4. The number of nitrogens with zero attached hydrogens (tertiary/aromatic N) is 1. The van der Waals surface area contributed by atoms with Crippen molar-refractivity contribution in [1.29, 1.82) is 0 Å². The summed E-state index contributed by atoms with van der Waals surface area (Å²) in [5, 5.41) is 15.8. The number of aryl methyl sites for hydroxylation is 1. The molecule has 0 radical (unpaired) electrons. The Hall–Kier alpha value is -1.73. The number of hydrogen-bond donors (Lipinski definition) is 3. The van der Waals surface area contributed by atoms with Crippen molar-refractivity contribution in [2.45, 2.75) is 44.8 Å². The van der Waals surface area contributed by atoms with Gasteiger partial charge in [-0.1, -0.05) is 25.0 Å². The summed E-state index contributed by atoms with van der Waals surface area (Å²) in [6.07, 6.45) is 2.98. The standard InChI is InChI=1S/C19H27N3O3S/c1-13-5-4-6-14(18(24)22-9-11-26-12-10-22)17(13)21-19(25)20-15-7-2-3-8-16(15)23/h4-6,15-16,23H,2-3,7-12H2,1H3,(H2,20,21,25)/t15-,16+/m1/s1. The molecule has 7 heteroatoms. The first-order valence-electron chi connectivity index (χ1n) is 9.28. The number of anilines is 1. The van der Waals surface area contributed by atoms with Gasteiger partial charge < -0.3 is 20.6 Å². The number of rotatable bonds is 3. The van der Waals surface area contributed by atoms with E-state index >= 15 is 0 Å². The third kappa shape index (κ3) is 4.51. The summed E-state index contributed by atoms with van der Waals surface area (Å²) >= 11 is 1.85. The molecule has 1 aromatic rings. The van der Waals surface area contributed by atoms with Gasteiger partial charge in [-0.3, -0.25) is 4.79 Å². The van der Waals surface area contributed by atoms with Gasteiger partial charge in [-0.15, -0.1) is 0 Å². The normalized spacial score (nSPS) is 23.4. The first-order chi connectivity index (χ1) is 12.6. The van der Waals surface area contributed by atoms with E-state index in [1.165, 1.54) is 0 Å². The highest BCUT2D eigenvalue weighted by atomic mass is 32.2. The molecular weight excluding hydrogens is 350 g/mol. The molecule has 2 atom stereocenters. The molecule has 3 rings (SSSR count). The van der Waals surface area contributed by atoms with Crippen LogP contribution in [0.2, 0.25) is 0 Å². The second-order valence-electron chi connectivity index (χ2n) is 6.96. The minimum atomic E-state index is -0.502. The highest BCUT2D eigenvalue weighted by molar-refractivity contribution is 7.99. The SMILES string of the molecule is Cc1cccc(C(=O)N2CCSCC2)c1NC(=O)N[C@@H]1CCCC[C@@H]1O. The summed E-state index contributed by atoms with van der Waals surface area (Å²) < 4.78 is 0. The van der Waals surface area contributed by atoms with Crippen LogP contribution in [0.4, 0.5) is 10.5 Å². The van der Waals surface area contributed by atoms with Crippen LogP contribution in [0.25, 0.3) is 0 Å². The highest BCUT2D eigenvalue weighted by Crippen LogP contribution is 2.24. The molecule has 1 saturated carbocycles. The molecule has 2 fully saturated rings. The van der Waals surface area contributed by atoms with Crippen LogP contribution in [0, 0.1) is 6.92 Å². The van der Waals surface area contributed by atoms with Gasteiger partial charge in [0.15, 0.2) is 0 Å². The van der Waals surface area contributed by atoms with E-state index in [1.807, 2.05) is 35.7 Å². The third-order valence-electron chi connectivity index (χ3n) is 5.09. The summed E-state index contributed by atoms with van der Waals surface area (Å²) in [7, 11) is 0. The second-order valence-corrected chi connectivity index (χ2v) is 8.18. The number of benzene rings is 1. The zero-order valence-electron chi connectivity index (χ0n) is 15.2. The lowest BCUT2D eigenvalue weighted by Gasteiger charge is -2.29. The number of hydrogen-bond acceptors (Lipinski definition) is 4. The molecule has 3 amide bonds. The van der Waals surface area contributed by atoms with Gasteiger partial charge in [0.2, 0.25) is 0 Å². The summed E-state index contributed by atoms with van der Waals surface area (Å²) in [6, 6.07) is 4.89. The van der Waals surface area contributed by atoms with Gasteiger partial charge >= 0.3 is 6.03 Å². The lowest BCUT2D eigenvalue weighted by molar-refractivity contribution is 0.0773. The van der Waals surface area contributed by atoms with E-state index in [0.29, 0.717) is 17.7 Å². The molecule has 0 bridgehead atoms. The van der Waals surface area contributed by atoms with E-state index in [2.05, 4.69) is 10.6 Å². The van der Waals surface area contributed by atoms with Crippen molar-refractivity contribution in [2.75, 3.05) is 29.9 Å². The van der Waals surface area contributed by atoms with E-state index in [1.54, 1.807) is 6.07 Å². The number of nitrogens with one attached hydrogen (secondary N) is 2. The topological polar surface area (TPSA) is 81.7 Å². The van der Waals surface area contributed by atoms with E-state index in [0.717, 1.165) is 49.4 Å². The van der Waals surface area contributed by atoms with E-state index in [4.69, 9.17) is 0 Å². The van der Waals surface area contributed by atoms with Crippen molar-refractivity contribution in [3.63, 3.8) is 0 Å². The van der Waals surface area contributed by atoms with Crippen LogP contribution in [0.5, 0.6) is 0 Å². The number of carbonyl (C=O) groups excluding carboxylic acids is 2. The van der Waals surface area contributed by atoms with Crippen molar-refractivity contribution in [3.8, 4) is 0 Å². The molecule has 0 aromatic heterocycles. The molecule has 3 N–H and O–H groups in total. The van der Waals surface area contributed by atoms with Gasteiger partial charge in [-0.2, -0.15) is 11.8 Å². The number of carbonyl (C=O) groups is 2. The fourth-order valence-corrected chi connectivity index (χ4v) is 4.45. The van der Waals surface area contributed by atoms with E-state index in [9.17, 15) is 14.7 Å². The molecule has 26 heavy (non-hydrogen) atoms. The van der Waals surface area contributed by atoms with E-state index < -0.39 is 6.10 Å². The van der Waals surface area contributed by atoms with Gasteiger partial charge in [0.05, 0.1) is 23.4 Å². The van der Waals surface area contributed by atoms with Gasteiger partial charge in [-0.25, -0.2) is 4.79 Å². The number of thioether (sulfide) groups is 1. The minimum absolute atomic E-state index is 0.0398. The molecule has 6 nitrogen and oxygen atoms in total. The van der Waals surface area contributed by atoms with Crippen molar-refractivity contribution in [3.05, 3.63) is 29.3 Å². The molecule has 0 unspecified atom stereocenters. The number of urea groups is 1. The van der Waals surface area contributed by atoms with Crippen molar-refractivity contribution < 1.29 is 14.7 Å². The molecule has 1 aliphatic heterocycles. The number of amides is 3. The van der Waals surface area contributed by atoms with Crippen LogP contribution < -0.4 is 10.6 Å². The molecular formula is C19H27N3O3S. The highest BCUT2D eigenvalue weighted by Gasteiger charge is 2.26. The Labute approximate surface area is 158 Å². The lowest BCUT2D eigenvalue weighted by Crippen LogP contribution is -2.47. The quantitative estimate of drug-likeness (QED) is 0.756. The summed E-state index contributed by atoms with van der Waals surface area (Å²) in [5.41, 5.74) is 1.93. The maximum absolute atomic E-state index is 12.9. The van der Waals surface area contributed by atoms with Crippen LogP contribution in [0.15, 0.2) is 18.2 Å². The molecule has 1 heterocycles. The first kappa shape index (κ1) is 19.0. The number of aliphatic hydroxyl groups is 1. The van der Waals surface area contributed by atoms with Crippen LogP contribution in [0.3, 0.4) is 0 Å². The zero-order valence-corrected chi connectivity index (χ0v) is 16.0. The fourth-order valence-electron chi connectivity index (χ4n) is 3.55. The number of aliphatic hydroxyl groups excluding tert-OH is 1. The largest absolute Gasteiger partial charge is 0.391 e. The average Bonchev–Trinajstić information content (AvgIpc) is 2.65. The maximum Gasteiger partial charge on any atom is 0.319 e. The Morgan fingerprint density at radius 1 is 1.19 bits per heavy atom. The van der Waals surface area contributed by atoms with Crippen LogP contribution >= 0.6 is 11.8 Å². The number of para-hydroxylation sites is 1. The second kappa shape index (κ2) is 8.77. The summed E-state index contributed by atoms with van der Waals surface area (Å²) in [5.74, 6) is 1.85. The minimum Gasteiger partial charge on any atom is -0.391 e. The van der Waals surface area contributed by atoms with Gasteiger partial charge in [-0.05, 0) is 31.4 Å². The molecule has 1 saturated heterocycles. The van der Waals surface area contributed by atoms with Gasteiger partial charge in [0, 0.05) is 24.6 Å². The Kier molecular flexibility index (Phi) is 6.43. The van der Waals surface area contributed by atoms with Crippen molar-refractivity contribution >= 4 is 29.4 Å². The van der Waals surface area contributed by atoms with Crippen LogP contribution in [-0.2, 0) is 0 Å². The van der Waals surface area contributed by atoms with Gasteiger partial charge in [0.1, 0.15) is 0 Å². The molecule has 0 spiro atoms. The Bertz CT molecular complexity index is 661. The maximum atomic E-state index is 12.9. The van der Waals surface area contributed by atoms with Gasteiger partial charge in [0.25, 0.3) is 5.91 Å². The smallest absolute Gasteiger partial charge is 0.319 e. The van der Waals surface area contributed by atoms with Crippen LogP contribution in [0.1, 0.15) is 41.6 Å². The Morgan fingerprint density at radius 2 is 1.92 bits per heavy atom. The average molecular weight is 378 g/mol. The van der Waals surface area contributed by atoms with Crippen LogP contribution in [-0.4, -0.2) is 58.7 Å². The Balaban J connectivity index is 1.72. The van der Waals surface area contributed by atoms with E-state index in [-0.39, 0.29) is 18.0 Å². The van der Waals surface area contributed by atoms with Crippen molar-refractivity contribution in [2.24, 2.45) is 0 Å². The summed E-state index contributed by atoms with van der Waals surface area (Å²) in [4.78, 5) is 27.2. The Morgan fingerprint density at radius 3 is 2.65 bits per heavy atom. The predicted octanol–water partition coefficient (Wildman–Crippen LogP) is 2.61. The molecule has 1 aromatic carbocycles. The fraction of sp³-hybridized carbons (Fsp3) is 0.579. The third-order valence-corrected chi connectivity index (χ3v) is 6.03. The molecule has 2 aliphatic rings. The summed E-state index contributed by atoms with van der Waals surface area (Å²) in [6.45, 7) is 3.35. The molecule has 1 aliphatic carbocycles. The van der Waals surface area contributed by atoms with Crippen molar-refractivity contribution in [1.82, 2.24) is 10.2 Å². The predicted molar refractivity (Wildman–Crippen MR) is 105 cm³/mol. The lowest BCUT2D eigenvalue weighted by atomic mass is 9.93. The monoisotopic (exact) mass is 377 g/mol.